The Labute approximate surface area is 134 Å². The predicted octanol–water partition coefficient (Wildman–Crippen LogP) is 5.02. The number of imidazole rings is 1. The molecule has 0 radical (unpaired) electrons. The summed E-state index contributed by atoms with van der Waals surface area (Å²) in [5.41, 5.74) is 2.29. The number of hydrogen-bond donors (Lipinski definition) is 0. The highest BCUT2D eigenvalue weighted by molar-refractivity contribution is 6.35. The minimum atomic E-state index is 0.158. The maximum Gasteiger partial charge on any atom is 0.0946 e. The fourth-order valence-electron chi connectivity index (χ4n) is 2.46. The van der Waals surface area contributed by atoms with Crippen LogP contribution in [0, 0.1) is 0 Å². The molecule has 1 aromatic heterocycles. The molecule has 2 aromatic carbocycles. The zero-order chi connectivity index (χ0) is 14.7. The molecule has 4 heteroatoms. The largest absolute Gasteiger partial charge is 0.337 e. The highest BCUT2D eigenvalue weighted by Crippen LogP contribution is 2.33. The highest BCUT2D eigenvalue weighted by Gasteiger charge is 2.17. The Hall–Kier alpha value is -1.77. The van der Waals surface area contributed by atoms with E-state index in [4.69, 9.17) is 23.2 Å². The Bertz CT molecular complexity index is 709. The van der Waals surface area contributed by atoms with Crippen LogP contribution >= 0.6 is 23.2 Å². The summed E-state index contributed by atoms with van der Waals surface area (Å²) in [5.74, 6) is 0.158. The normalized spacial score (nSPS) is 12.3. The molecule has 106 valence electrons. The molecule has 0 bridgehead atoms. The van der Waals surface area contributed by atoms with Crippen molar-refractivity contribution in [3.8, 4) is 0 Å². The lowest BCUT2D eigenvalue weighted by Crippen LogP contribution is -2.10. The quantitative estimate of drug-likeness (QED) is 0.660. The SMILES string of the molecule is Clc1ccc(C(Cn2ccnc2)c2ccccc2)c(Cl)c1. The first-order chi connectivity index (χ1) is 10.2. The Morgan fingerprint density at radius 2 is 1.86 bits per heavy atom. The summed E-state index contributed by atoms with van der Waals surface area (Å²) in [6, 6.07) is 16.0. The van der Waals surface area contributed by atoms with Crippen molar-refractivity contribution < 1.29 is 0 Å². The van der Waals surface area contributed by atoms with Crippen LogP contribution in [0.4, 0.5) is 0 Å². The standard InChI is InChI=1S/C17H14Cl2N2/c18-14-6-7-15(17(19)10-14)16(11-21-9-8-20-12-21)13-4-2-1-3-5-13/h1-10,12,16H,11H2. The molecule has 0 saturated heterocycles. The number of hydrogen-bond acceptors (Lipinski definition) is 1. The fraction of sp³-hybridized carbons (Fsp3) is 0.118. The van der Waals surface area contributed by atoms with Crippen molar-refractivity contribution >= 4 is 23.2 Å². The van der Waals surface area contributed by atoms with Crippen molar-refractivity contribution in [2.24, 2.45) is 0 Å². The summed E-state index contributed by atoms with van der Waals surface area (Å²) in [5, 5.41) is 1.34. The summed E-state index contributed by atoms with van der Waals surface area (Å²) in [6.45, 7) is 0.783. The topological polar surface area (TPSA) is 17.8 Å². The molecule has 21 heavy (non-hydrogen) atoms. The van der Waals surface area contributed by atoms with Crippen molar-refractivity contribution in [2.75, 3.05) is 0 Å². The molecule has 0 fully saturated rings. The molecule has 3 rings (SSSR count). The average Bonchev–Trinajstić information content (AvgIpc) is 2.99. The van der Waals surface area contributed by atoms with Gasteiger partial charge in [-0.1, -0.05) is 59.6 Å². The second-order valence-corrected chi connectivity index (χ2v) is 5.73. The number of aromatic nitrogens is 2. The van der Waals surface area contributed by atoms with E-state index >= 15 is 0 Å². The van der Waals surface area contributed by atoms with Gasteiger partial charge >= 0.3 is 0 Å². The highest BCUT2D eigenvalue weighted by atomic mass is 35.5. The van der Waals surface area contributed by atoms with Gasteiger partial charge in [-0.3, -0.25) is 0 Å². The first-order valence-corrected chi connectivity index (χ1v) is 7.45. The number of nitrogens with zero attached hydrogens (tertiary/aromatic N) is 2. The van der Waals surface area contributed by atoms with Crippen LogP contribution in [-0.2, 0) is 6.54 Å². The fourth-order valence-corrected chi connectivity index (χ4v) is 3.00. The molecular weight excluding hydrogens is 303 g/mol. The van der Waals surface area contributed by atoms with Crippen LogP contribution in [0.15, 0.2) is 67.3 Å². The Morgan fingerprint density at radius 3 is 2.52 bits per heavy atom. The average molecular weight is 317 g/mol. The maximum absolute atomic E-state index is 6.40. The lowest BCUT2D eigenvalue weighted by atomic mass is 9.91. The van der Waals surface area contributed by atoms with Crippen molar-refractivity contribution in [3.05, 3.63) is 88.4 Å². The molecular formula is C17H14Cl2N2. The zero-order valence-electron chi connectivity index (χ0n) is 11.3. The van der Waals surface area contributed by atoms with E-state index in [-0.39, 0.29) is 5.92 Å². The van der Waals surface area contributed by atoms with Crippen LogP contribution in [0.2, 0.25) is 10.0 Å². The van der Waals surface area contributed by atoms with Gasteiger partial charge in [0.1, 0.15) is 0 Å². The van der Waals surface area contributed by atoms with Crippen molar-refractivity contribution in [1.29, 1.82) is 0 Å². The van der Waals surface area contributed by atoms with Crippen LogP contribution in [0.25, 0.3) is 0 Å². The molecule has 1 heterocycles. The van der Waals surface area contributed by atoms with Gasteiger partial charge < -0.3 is 4.57 Å². The molecule has 0 spiro atoms. The van der Waals surface area contributed by atoms with Crippen LogP contribution in [0.5, 0.6) is 0 Å². The van der Waals surface area contributed by atoms with Gasteiger partial charge in [0.2, 0.25) is 0 Å². The third-order valence-electron chi connectivity index (χ3n) is 3.49. The van der Waals surface area contributed by atoms with E-state index in [2.05, 4.69) is 21.7 Å². The Morgan fingerprint density at radius 1 is 1.05 bits per heavy atom. The van der Waals surface area contributed by atoms with Gasteiger partial charge in [-0.15, -0.1) is 0 Å². The van der Waals surface area contributed by atoms with Crippen LogP contribution < -0.4 is 0 Å². The lowest BCUT2D eigenvalue weighted by molar-refractivity contribution is 0.624. The molecule has 1 atom stereocenters. The van der Waals surface area contributed by atoms with E-state index in [1.807, 2.05) is 42.9 Å². The second-order valence-electron chi connectivity index (χ2n) is 4.89. The molecule has 0 aliphatic carbocycles. The summed E-state index contributed by atoms with van der Waals surface area (Å²) in [4.78, 5) is 4.11. The summed E-state index contributed by atoms with van der Waals surface area (Å²) in [7, 11) is 0. The van der Waals surface area contributed by atoms with Crippen molar-refractivity contribution in [3.63, 3.8) is 0 Å². The monoisotopic (exact) mass is 316 g/mol. The summed E-state index contributed by atoms with van der Waals surface area (Å²) < 4.78 is 2.06. The van der Waals surface area contributed by atoms with Crippen LogP contribution in [-0.4, -0.2) is 9.55 Å². The van der Waals surface area contributed by atoms with E-state index in [1.54, 1.807) is 12.3 Å². The number of rotatable bonds is 4. The molecule has 0 amide bonds. The van der Waals surface area contributed by atoms with E-state index < -0.39 is 0 Å². The zero-order valence-corrected chi connectivity index (χ0v) is 12.8. The molecule has 0 N–H and O–H groups in total. The number of halogens is 2. The minimum Gasteiger partial charge on any atom is -0.337 e. The first-order valence-electron chi connectivity index (χ1n) is 6.69. The van der Waals surface area contributed by atoms with Gasteiger partial charge in [-0.05, 0) is 23.3 Å². The lowest BCUT2D eigenvalue weighted by Gasteiger charge is -2.20. The van der Waals surface area contributed by atoms with E-state index in [0.29, 0.717) is 10.0 Å². The van der Waals surface area contributed by atoms with Gasteiger partial charge in [0.15, 0.2) is 0 Å². The van der Waals surface area contributed by atoms with Crippen LogP contribution in [0.1, 0.15) is 17.0 Å². The minimum absolute atomic E-state index is 0.158. The molecule has 1 unspecified atom stereocenters. The van der Waals surface area contributed by atoms with Crippen LogP contribution in [0.3, 0.4) is 0 Å². The third kappa shape index (κ3) is 3.29. The molecule has 3 aromatic rings. The third-order valence-corrected chi connectivity index (χ3v) is 4.05. The first kappa shape index (κ1) is 14.2. The van der Waals surface area contributed by atoms with Gasteiger partial charge in [0.05, 0.1) is 6.33 Å². The van der Waals surface area contributed by atoms with Crippen molar-refractivity contribution in [2.45, 2.75) is 12.5 Å². The molecule has 2 nitrogen and oxygen atoms in total. The van der Waals surface area contributed by atoms with Crippen molar-refractivity contribution in [1.82, 2.24) is 9.55 Å². The van der Waals surface area contributed by atoms with Gasteiger partial charge in [0.25, 0.3) is 0 Å². The smallest absolute Gasteiger partial charge is 0.0946 e. The second kappa shape index (κ2) is 6.33. The summed E-state index contributed by atoms with van der Waals surface area (Å²) in [6.07, 6.45) is 5.56. The number of benzene rings is 2. The Kier molecular flexibility index (Phi) is 4.28. The predicted molar refractivity (Wildman–Crippen MR) is 87.0 cm³/mol. The van der Waals surface area contributed by atoms with Gasteiger partial charge in [0, 0.05) is 34.9 Å². The van der Waals surface area contributed by atoms with E-state index in [0.717, 1.165) is 12.1 Å². The molecule has 0 aliphatic heterocycles. The van der Waals surface area contributed by atoms with E-state index in [9.17, 15) is 0 Å². The summed E-state index contributed by atoms with van der Waals surface area (Å²) >= 11 is 12.4. The van der Waals surface area contributed by atoms with Gasteiger partial charge in [-0.2, -0.15) is 0 Å². The van der Waals surface area contributed by atoms with Gasteiger partial charge in [-0.25, -0.2) is 4.98 Å². The molecule has 0 aliphatic rings. The Balaban J connectivity index is 2.03. The molecule has 0 saturated carbocycles. The maximum atomic E-state index is 6.40. The van der Waals surface area contributed by atoms with E-state index in [1.165, 1.54) is 5.56 Å².